The molecule has 3 aromatic rings. The van der Waals surface area contributed by atoms with E-state index in [1.54, 1.807) is 7.05 Å². The van der Waals surface area contributed by atoms with Gasteiger partial charge in [-0.2, -0.15) is 16.4 Å². The number of hydrogen-bond acceptors (Lipinski definition) is 3. The highest BCUT2D eigenvalue weighted by Crippen LogP contribution is 2.37. The molecule has 0 aliphatic carbocycles. The molecule has 0 atom stereocenters. The van der Waals surface area contributed by atoms with Gasteiger partial charge in [0.15, 0.2) is 0 Å². The molecule has 2 aromatic heterocycles. The Hall–Kier alpha value is -2.21. The number of anilines is 1. The summed E-state index contributed by atoms with van der Waals surface area (Å²) in [5.41, 5.74) is 8.19. The number of benzene rings is 1. The van der Waals surface area contributed by atoms with E-state index in [1.807, 2.05) is 16.8 Å². The Morgan fingerprint density at radius 1 is 1.25 bits per heavy atom. The third-order valence-corrected chi connectivity index (χ3v) is 3.77. The number of aryl methyl sites for hydroxylation is 1. The first kappa shape index (κ1) is 12.8. The molecule has 0 unspecified atom stereocenters. The lowest BCUT2D eigenvalue weighted by Crippen LogP contribution is -1.98. The SMILES string of the molecule is Cn1nc(-c2ccsc2)c(-c2ccc(F)cc2F)c1N. The Labute approximate surface area is 118 Å². The van der Waals surface area contributed by atoms with E-state index in [0.717, 1.165) is 11.6 Å². The highest BCUT2D eigenvalue weighted by molar-refractivity contribution is 7.08. The van der Waals surface area contributed by atoms with E-state index in [0.29, 0.717) is 17.1 Å². The van der Waals surface area contributed by atoms with E-state index in [4.69, 9.17) is 5.73 Å². The molecule has 3 rings (SSSR count). The maximum absolute atomic E-state index is 14.0. The van der Waals surface area contributed by atoms with Crippen LogP contribution in [0, 0.1) is 11.6 Å². The van der Waals surface area contributed by atoms with Crippen molar-refractivity contribution in [2.24, 2.45) is 7.05 Å². The topological polar surface area (TPSA) is 43.8 Å². The average Bonchev–Trinajstić information content (AvgIpc) is 3.01. The van der Waals surface area contributed by atoms with Gasteiger partial charge in [0.25, 0.3) is 0 Å². The molecule has 0 radical (unpaired) electrons. The number of aromatic nitrogens is 2. The number of thiophene rings is 1. The molecule has 3 nitrogen and oxygen atoms in total. The van der Waals surface area contributed by atoms with Crippen molar-refractivity contribution >= 4 is 17.2 Å². The third-order valence-electron chi connectivity index (χ3n) is 3.09. The van der Waals surface area contributed by atoms with Gasteiger partial charge in [0, 0.05) is 29.6 Å². The van der Waals surface area contributed by atoms with Gasteiger partial charge < -0.3 is 5.73 Å². The maximum Gasteiger partial charge on any atom is 0.134 e. The number of nitrogens with zero attached hydrogens (tertiary/aromatic N) is 2. The second-order valence-electron chi connectivity index (χ2n) is 4.37. The van der Waals surface area contributed by atoms with Crippen molar-refractivity contribution in [2.45, 2.75) is 0 Å². The van der Waals surface area contributed by atoms with Crippen molar-refractivity contribution in [3.05, 3.63) is 46.7 Å². The number of rotatable bonds is 2. The molecule has 2 heterocycles. The molecule has 102 valence electrons. The summed E-state index contributed by atoms with van der Waals surface area (Å²) in [5.74, 6) is -0.927. The molecule has 2 N–H and O–H groups in total. The molecular weight excluding hydrogens is 280 g/mol. The van der Waals surface area contributed by atoms with Crippen LogP contribution in [0.2, 0.25) is 0 Å². The summed E-state index contributed by atoms with van der Waals surface area (Å²) in [7, 11) is 1.69. The van der Waals surface area contributed by atoms with Gasteiger partial charge in [-0.05, 0) is 23.6 Å². The first-order valence-electron chi connectivity index (χ1n) is 5.88. The molecule has 1 aromatic carbocycles. The summed E-state index contributed by atoms with van der Waals surface area (Å²) in [6.07, 6.45) is 0. The van der Waals surface area contributed by atoms with Gasteiger partial charge in [-0.15, -0.1) is 0 Å². The quantitative estimate of drug-likeness (QED) is 0.782. The van der Waals surface area contributed by atoms with Crippen molar-refractivity contribution in [1.29, 1.82) is 0 Å². The van der Waals surface area contributed by atoms with Gasteiger partial charge in [-0.25, -0.2) is 8.78 Å². The minimum absolute atomic E-state index is 0.248. The summed E-state index contributed by atoms with van der Waals surface area (Å²) in [6.45, 7) is 0. The fourth-order valence-electron chi connectivity index (χ4n) is 2.10. The van der Waals surface area contributed by atoms with Crippen LogP contribution in [0.4, 0.5) is 14.6 Å². The van der Waals surface area contributed by atoms with Crippen LogP contribution in [0.5, 0.6) is 0 Å². The molecule has 20 heavy (non-hydrogen) atoms. The van der Waals surface area contributed by atoms with Crippen LogP contribution in [0.25, 0.3) is 22.4 Å². The van der Waals surface area contributed by atoms with Gasteiger partial charge in [-0.1, -0.05) is 0 Å². The van der Waals surface area contributed by atoms with Crippen molar-refractivity contribution in [3.63, 3.8) is 0 Å². The molecule has 0 saturated heterocycles. The molecular formula is C14H11F2N3S. The lowest BCUT2D eigenvalue weighted by atomic mass is 10.0. The van der Waals surface area contributed by atoms with Crippen molar-refractivity contribution in [1.82, 2.24) is 9.78 Å². The van der Waals surface area contributed by atoms with Gasteiger partial charge in [0.2, 0.25) is 0 Å². The van der Waals surface area contributed by atoms with Crippen LogP contribution in [-0.4, -0.2) is 9.78 Å². The van der Waals surface area contributed by atoms with Crippen LogP contribution in [0.15, 0.2) is 35.0 Å². The van der Waals surface area contributed by atoms with E-state index in [9.17, 15) is 8.78 Å². The van der Waals surface area contributed by atoms with Crippen molar-refractivity contribution < 1.29 is 8.78 Å². The van der Waals surface area contributed by atoms with Gasteiger partial charge in [-0.3, -0.25) is 4.68 Å². The second-order valence-corrected chi connectivity index (χ2v) is 5.15. The zero-order valence-corrected chi connectivity index (χ0v) is 11.4. The minimum atomic E-state index is -0.652. The summed E-state index contributed by atoms with van der Waals surface area (Å²) >= 11 is 1.52. The average molecular weight is 291 g/mol. The van der Waals surface area contributed by atoms with Crippen LogP contribution < -0.4 is 5.73 Å². The normalized spacial score (nSPS) is 10.9. The van der Waals surface area contributed by atoms with E-state index < -0.39 is 11.6 Å². The zero-order chi connectivity index (χ0) is 14.3. The maximum atomic E-state index is 14.0. The lowest BCUT2D eigenvalue weighted by Gasteiger charge is -2.05. The molecule has 0 spiro atoms. The van der Waals surface area contributed by atoms with Crippen molar-refractivity contribution in [2.75, 3.05) is 5.73 Å². The molecule has 0 aliphatic heterocycles. The standard InChI is InChI=1S/C14H11F2N3S/c1-19-14(17)12(10-3-2-9(15)6-11(10)16)13(18-19)8-4-5-20-7-8/h2-7H,17H2,1H3. The van der Waals surface area contributed by atoms with E-state index >= 15 is 0 Å². The van der Waals surface area contributed by atoms with E-state index in [-0.39, 0.29) is 5.56 Å². The second kappa shape index (κ2) is 4.72. The highest BCUT2D eigenvalue weighted by Gasteiger charge is 2.20. The fraction of sp³-hybridized carbons (Fsp3) is 0.0714. The van der Waals surface area contributed by atoms with Crippen LogP contribution in [-0.2, 0) is 7.05 Å². The monoisotopic (exact) mass is 291 g/mol. The Morgan fingerprint density at radius 3 is 2.70 bits per heavy atom. The molecule has 0 bridgehead atoms. The Kier molecular flexibility index (Phi) is 3.02. The van der Waals surface area contributed by atoms with Crippen molar-refractivity contribution in [3.8, 4) is 22.4 Å². The largest absolute Gasteiger partial charge is 0.383 e. The zero-order valence-electron chi connectivity index (χ0n) is 10.6. The predicted molar refractivity (Wildman–Crippen MR) is 76.3 cm³/mol. The molecule has 0 fully saturated rings. The smallest absolute Gasteiger partial charge is 0.134 e. The number of nitrogen functional groups attached to an aromatic ring is 1. The minimum Gasteiger partial charge on any atom is -0.383 e. The number of halogens is 2. The van der Waals surface area contributed by atoms with Gasteiger partial charge in [0.05, 0.1) is 5.56 Å². The van der Waals surface area contributed by atoms with Gasteiger partial charge >= 0.3 is 0 Å². The van der Waals surface area contributed by atoms with Crippen LogP contribution in [0.1, 0.15) is 0 Å². The predicted octanol–water partition coefficient (Wildman–Crippen LogP) is 3.68. The lowest BCUT2D eigenvalue weighted by molar-refractivity contribution is 0.585. The molecule has 0 aliphatic rings. The highest BCUT2D eigenvalue weighted by atomic mass is 32.1. The van der Waals surface area contributed by atoms with Gasteiger partial charge in [0.1, 0.15) is 23.1 Å². The summed E-state index contributed by atoms with van der Waals surface area (Å²) in [6, 6.07) is 5.33. The van der Waals surface area contributed by atoms with Crippen LogP contribution >= 0.6 is 11.3 Å². The van der Waals surface area contributed by atoms with E-state index in [2.05, 4.69) is 5.10 Å². The first-order valence-corrected chi connectivity index (χ1v) is 6.82. The third kappa shape index (κ3) is 1.98. The molecule has 6 heteroatoms. The number of hydrogen-bond donors (Lipinski definition) is 1. The molecule has 0 saturated carbocycles. The van der Waals surface area contributed by atoms with Crippen LogP contribution in [0.3, 0.4) is 0 Å². The first-order chi connectivity index (χ1) is 9.58. The Balaban J connectivity index is 2.28. The Morgan fingerprint density at radius 2 is 2.05 bits per heavy atom. The number of nitrogens with two attached hydrogens (primary N) is 1. The molecule has 0 amide bonds. The van der Waals surface area contributed by atoms with E-state index in [1.165, 1.54) is 28.2 Å². The summed E-state index contributed by atoms with van der Waals surface area (Å²) < 4.78 is 28.6. The summed E-state index contributed by atoms with van der Waals surface area (Å²) in [4.78, 5) is 0. The fourth-order valence-corrected chi connectivity index (χ4v) is 2.74. The summed E-state index contributed by atoms with van der Waals surface area (Å²) in [5, 5.41) is 8.15. The Bertz CT molecular complexity index is 763.